The molecule has 1 aromatic carbocycles. The van der Waals surface area contributed by atoms with Gasteiger partial charge in [-0.25, -0.2) is 0 Å². The number of para-hydroxylation sites is 1. The third-order valence-corrected chi connectivity index (χ3v) is 3.45. The highest BCUT2D eigenvalue weighted by molar-refractivity contribution is 5.81. The molecule has 110 valence electrons. The van der Waals surface area contributed by atoms with Gasteiger partial charge in [0, 0.05) is 32.4 Å². The number of anilines is 1. The summed E-state index contributed by atoms with van der Waals surface area (Å²) in [6.45, 7) is 7.73. The average molecular weight is 275 g/mol. The van der Waals surface area contributed by atoms with Crippen molar-refractivity contribution in [3.63, 3.8) is 0 Å². The second-order valence-electron chi connectivity index (χ2n) is 4.95. The van der Waals surface area contributed by atoms with Crippen LogP contribution in [0.3, 0.4) is 0 Å². The van der Waals surface area contributed by atoms with E-state index in [1.165, 1.54) is 5.69 Å². The number of rotatable bonds is 8. The van der Waals surface area contributed by atoms with Crippen LogP contribution in [-0.2, 0) is 4.79 Å². The van der Waals surface area contributed by atoms with Crippen LogP contribution in [0.1, 0.15) is 6.92 Å². The van der Waals surface area contributed by atoms with Crippen LogP contribution in [0, 0.1) is 0 Å². The molecule has 20 heavy (non-hydrogen) atoms. The standard InChI is InChI=1S/C16H25N3O/c1-5-11-17-16(20)14(2)18(3)12-13-19(4)15-9-7-6-8-10-15/h5-10,14H,1,11-13H2,2-4H3,(H,17,20)/t14-/m0/s1. The summed E-state index contributed by atoms with van der Waals surface area (Å²) in [5, 5.41) is 2.82. The Morgan fingerprint density at radius 3 is 2.55 bits per heavy atom. The Morgan fingerprint density at radius 2 is 1.95 bits per heavy atom. The predicted molar refractivity (Wildman–Crippen MR) is 85.0 cm³/mol. The summed E-state index contributed by atoms with van der Waals surface area (Å²) < 4.78 is 0. The van der Waals surface area contributed by atoms with Gasteiger partial charge >= 0.3 is 0 Å². The molecule has 0 fully saturated rings. The van der Waals surface area contributed by atoms with Gasteiger partial charge in [-0.2, -0.15) is 0 Å². The average Bonchev–Trinajstić information content (AvgIpc) is 2.49. The number of likely N-dealkylation sites (N-methyl/N-ethyl adjacent to an activating group) is 2. The molecule has 1 atom stereocenters. The van der Waals surface area contributed by atoms with Crippen LogP contribution in [0.5, 0.6) is 0 Å². The Kier molecular flexibility index (Phi) is 6.81. The second-order valence-corrected chi connectivity index (χ2v) is 4.95. The van der Waals surface area contributed by atoms with Gasteiger partial charge in [-0.15, -0.1) is 6.58 Å². The number of carbonyl (C=O) groups excluding carboxylic acids is 1. The smallest absolute Gasteiger partial charge is 0.237 e. The number of benzene rings is 1. The van der Waals surface area contributed by atoms with Gasteiger partial charge in [0.05, 0.1) is 6.04 Å². The van der Waals surface area contributed by atoms with E-state index in [2.05, 4.69) is 40.9 Å². The number of nitrogens with one attached hydrogen (secondary N) is 1. The Balaban J connectivity index is 2.40. The third-order valence-electron chi connectivity index (χ3n) is 3.45. The van der Waals surface area contributed by atoms with E-state index in [-0.39, 0.29) is 11.9 Å². The monoisotopic (exact) mass is 275 g/mol. The molecule has 0 aliphatic carbocycles. The fourth-order valence-corrected chi connectivity index (χ4v) is 1.83. The zero-order chi connectivity index (χ0) is 15.0. The SMILES string of the molecule is C=CCNC(=O)[C@H](C)N(C)CCN(C)c1ccccc1. The molecule has 0 heterocycles. The van der Waals surface area contributed by atoms with Crippen molar-refractivity contribution < 1.29 is 4.79 Å². The minimum atomic E-state index is -0.140. The molecule has 1 amide bonds. The molecule has 4 nitrogen and oxygen atoms in total. The predicted octanol–water partition coefficient (Wildman–Crippen LogP) is 1.75. The van der Waals surface area contributed by atoms with Gasteiger partial charge in [-0.1, -0.05) is 24.3 Å². The van der Waals surface area contributed by atoms with Crippen molar-refractivity contribution in [2.75, 3.05) is 38.6 Å². The largest absolute Gasteiger partial charge is 0.373 e. The summed E-state index contributed by atoms with van der Waals surface area (Å²) in [4.78, 5) is 16.1. The first-order chi connectivity index (χ1) is 9.56. The van der Waals surface area contributed by atoms with Crippen LogP contribution in [0.15, 0.2) is 43.0 Å². The highest BCUT2D eigenvalue weighted by Gasteiger charge is 2.17. The van der Waals surface area contributed by atoms with E-state index in [9.17, 15) is 4.79 Å². The maximum atomic E-state index is 11.8. The maximum absolute atomic E-state index is 11.8. The summed E-state index contributed by atoms with van der Waals surface area (Å²) in [5.74, 6) is 0.0368. The molecule has 0 spiro atoms. The molecular weight excluding hydrogens is 250 g/mol. The summed E-state index contributed by atoms with van der Waals surface area (Å²) in [7, 11) is 4.03. The first-order valence-corrected chi connectivity index (χ1v) is 6.91. The van der Waals surface area contributed by atoms with Crippen molar-refractivity contribution in [3.8, 4) is 0 Å². The normalized spacial score (nSPS) is 12.0. The summed E-state index contributed by atoms with van der Waals surface area (Å²) in [6.07, 6.45) is 1.69. The van der Waals surface area contributed by atoms with Gasteiger partial charge in [0.25, 0.3) is 0 Å². The highest BCUT2D eigenvalue weighted by Crippen LogP contribution is 2.10. The third kappa shape index (κ3) is 5.05. The van der Waals surface area contributed by atoms with E-state index in [1.54, 1.807) is 6.08 Å². The van der Waals surface area contributed by atoms with Crippen molar-refractivity contribution in [3.05, 3.63) is 43.0 Å². The summed E-state index contributed by atoms with van der Waals surface area (Å²) in [6, 6.07) is 10.1. The molecule has 0 aromatic heterocycles. The highest BCUT2D eigenvalue weighted by atomic mass is 16.2. The molecule has 4 heteroatoms. The fourth-order valence-electron chi connectivity index (χ4n) is 1.83. The van der Waals surface area contributed by atoms with E-state index in [0.29, 0.717) is 6.54 Å². The fraction of sp³-hybridized carbons (Fsp3) is 0.438. The maximum Gasteiger partial charge on any atom is 0.237 e. The van der Waals surface area contributed by atoms with Crippen LogP contribution < -0.4 is 10.2 Å². The Morgan fingerprint density at radius 1 is 1.30 bits per heavy atom. The second kappa shape index (κ2) is 8.38. The van der Waals surface area contributed by atoms with E-state index >= 15 is 0 Å². The van der Waals surface area contributed by atoms with E-state index in [1.807, 2.05) is 32.2 Å². The topological polar surface area (TPSA) is 35.6 Å². The lowest BCUT2D eigenvalue weighted by Gasteiger charge is -2.27. The Labute approximate surface area is 122 Å². The Bertz CT molecular complexity index is 419. The molecule has 0 aliphatic heterocycles. The molecule has 1 aromatic rings. The molecule has 0 aliphatic rings. The van der Waals surface area contributed by atoms with Crippen LogP contribution >= 0.6 is 0 Å². The minimum Gasteiger partial charge on any atom is -0.373 e. The molecule has 1 N–H and O–H groups in total. The molecule has 0 saturated heterocycles. The lowest BCUT2D eigenvalue weighted by Crippen LogP contribution is -2.45. The van der Waals surface area contributed by atoms with E-state index < -0.39 is 0 Å². The zero-order valence-electron chi connectivity index (χ0n) is 12.7. The molecular formula is C16H25N3O. The van der Waals surface area contributed by atoms with Crippen molar-refractivity contribution in [2.45, 2.75) is 13.0 Å². The molecule has 0 bridgehead atoms. The number of carbonyl (C=O) groups is 1. The van der Waals surface area contributed by atoms with Gasteiger partial charge in [-0.05, 0) is 26.1 Å². The van der Waals surface area contributed by atoms with Crippen LogP contribution in [-0.4, -0.2) is 50.6 Å². The van der Waals surface area contributed by atoms with Crippen LogP contribution in [0.4, 0.5) is 5.69 Å². The van der Waals surface area contributed by atoms with Crippen molar-refractivity contribution in [2.24, 2.45) is 0 Å². The van der Waals surface area contributed by atoms with E-state index in [4.69, 9.17) is 0 Å². The lowest BCUT2D eigenvalue weighted by atomic mass is 10.2. The molecule has 0 radical (unpaired) electrons. The molecule has 0 saturated carbocycles. The first-order valence-electron chi connectivity index (χ1n) is 6.91. The summed E-state index contributed by atoms with van der Waals surface area (Å²) in [5.41, 5.74) is 1.18. The number of hydrogen-bond donors (Lipinski definition) is 1. The van der Waals surface area contributed by atoms with Gasteiger partial charge in [0.2, 0.25) is 5.91 Å². The summed E-state index contributed by atoms with van der Waals surface area (Å²) >= 11 is 0. The number of hydrogen-bond acceptors (Lipinski definition) is 3. The van der Waals surface area contributed by atoms with Gasteiger partial charge in [0.15, 0.2) is 0 Å². The van der Waals surface area contributed by atoms with Crippen molar-refractivity contribution >= 4 is 11.6 Å². The molecule has 0 unspecified atom stereocenters. The minimum absolute atomic E-state index is 0.0368. The van der Waals surface area contributed by atoms with Gasteiger partial charge < -0.3 is 10.2 Å². The van der Waals surface area contributed by atoms with Gasteiger partial charge in [0.1, 0.15) is 0 Å². The quantitative estimate of drug-likeness (QED) is 0.734. The Hall–Kier alpha value is -1.81. The number of amides is 1. The van der Waals surface area contributed by atoms with Gasteiger partial charge in [-0.3, -0.25) is 9.69 Å². The lowest BCUT2D eigenvalue weighted by molar-refractivity contribution is -0.125. The van der Waals surface area contributed by atoms with Crippen molar-refractivity contribution in [1.29, 1.82) is 0 Å². The van der Waals surface area contributed by atoms with Crippen LogP contribution in [0.25, 0.3) is 0 Å². The van der Waals surface area contributed by atoms with Crippen molar-refractivity contribution in [1.82, 2.24) is 10.2 Å². The zero-order valence-corrected chi connectivity index (χ0v) is 12.7. The molecule has 1 rings (SSSR count). The van der Waals surface area contributed by atoms with E-state index in [0.717, 1.165) is 13.1 Å². The first kappa shape index (κ1) is 16.2. The van der Waals surface area contributed by atoms with Crippen LogP contribution in [0.2, 0.25) is 0 Å². The number of nitrogens with zero attached hydrogens (tertiary/aromatic N) is 2.